The van der Waals surface area contributed by atoms with Gasteiger partial charge in [0, 0.05) is 25.2 Å². The monoisotopic (exact) mass is 289 g/mol. The standard InChI is InChI=1S/C17H27N3O/c1-19(2)13-15-8-11-20(12-9-15)17(21)16-5-3-14(4-6-16)7-10-18/h3-6,15H,7-13,18H2,1-2H3. The molecule has 0 aliphatic carbocycles. The molecule has 0 saturated carbocycles. The topological polar surface area (TPSA) is 49.6 Å². The number of rotatable bonds is 5. The highest BCUT2D eigenvalue weighted by Crippen LogP contribution is 2.19. The maximum Gasteiger partial charge on any atom is 0.253 e. The van der Waals surface area contributed by atoms with Crippen LogP contribution in [0.2, 0.25) is 0 Å². The third-order valence-electron chi connectivity index (χ3n) is 4.16. The maximum absolute atomic E-state index is 12.5. The molecule has 1 saturated heterocycles. The largest absolute Gasteiger partial charge is 0.339 e. The minimum Gasteiger partial charge on any atom is -0.339 e. The van der Waals surface area contributed by atoms with Crippen LogP contribution in [-0.4, -0.2) is 56.0 Å². The second kappa shape index (κ2) is 7.57. The Hall–Kier alpha value is -1.39. The highest BCUT2D eigenvalue weighted by molar-refractivity contribution is 5.94. The van der Waals surface area contributed by atoms with Crippen molar-refractivity contribution in [2.75, 3.05) is 40.3 Å². The van der Waals surface area contributed by atoms with Gasteiger partial charge in [-0.05, 0) is 63.5 Å². The van der Waals surface area contributed by atoms with Crippen molar-refractivity contribution in [1.82, 2.24) is 9.80 Å². The van der Waals surface area contributed by atoms with Crippen molar-refractivity contribution in [3.63, 3.8) is 0 Å². The van der Waals surface area contributed by atoms with Crippen molar-refractivity contribution in [2.24, 2.45) is 11.7 Å². The number of likely N-dealkylation sites (tertiary alicyclic amines) is 1. The van der Waals surface area contributed by atoms with E-state index in [0.29, 0.717) is 6.54 Å². The first kappa shape index (κ1) is 16.0. The summed E-state index contributed by atoms with van der Waals surface area (Å²) >= 11 is 0. The number of carbonyl (C=O) groups is 1. The fourth-order valence-electron chi connectivity index (χ4n) is 3.00. The summed E-state index contributed by atoms with van der Waals surface area (Å²) in [5.41, 5.74) is 7.53. The van der Waals surface area contributed by atoms with Crippen molar-refractivity contribution in [3.8, 4) is 0 Å². The predicted molar refractivity (Wildman–Crippen MR) is 86.4 cm³/mol. The van der Waals surface area contributed by atoms with Crippen LogP contribution >= 0.6 is 0 Å². The minimum absolute atomic E-state index is 0.164. The average Bonchev–Trinajstić information content (AvgIpc) is 2.48. The summed E-state index contributed by atoms with van der Waals surface area (Å²) in [5.74, 6) is 0.883. The van der Waals surface area contributed by atoms with Crippen LogP contribution in [0.3, 0.4) is 0 Å². The van der Waals surface area contributed by atoms with Gasteiger partial charge in [-0.15, -0.1) is 0 Å². The van der Waals surface area contributed by atoms with Crippen LogP contribution in [0.4, 0.5) is 0 Å². The summed E-state index contributed by atoms with van der Waals surface area (Å²) in [5, 5.41) is 0. The number of nitrogens with two attached hydrogens (primary N) is 1. The van der Waals surface area contributed by atoms with Crippen LogP contribution < -0.4 is 5.73 Å². The number of piperidine rings is 1. The van der Waals surface area contributed by atoms with Crippen molar-refractivity contribution < 1.29 is 4.79 Å². The molecule has 1 heterocycles. The SMILES string of the molecule is CN(C)CC1CCN(C(=O)c2ccc(CCN)cc2)CC1. The normalized spacial score (nSPS) is 16.5. The van der Waals surface area contributed by atoms with E-state index in [2.05, 4.69) is 19.0 Å². The molecule has 0 unspecified atom stereocenters. The fraction of sp³-hybridized carbons (Fsp3) is 0.588. The lowest BCUT2D eigenvalue weighted by Crippen LogP contribution is -2.40. The van der Waals surface area contributed by atoms with E-state index in [0.717, 1.165) is 50.4 Å². The molecule has 0 radical (unpaired) electrons. The number of benzene rings is 1. The van der Waals surface area contributed by atoms with Gasteiger partial charge in [0.05, 0.1) is 0 Å². The van der Waals surface area contributed by atoms with Crippen molar-refractivity contribution in [3.05, 3.63) is 35.4 Å². The molecule has 4 nitrogen and oxygen atoms in total. The number of hydrogen-bond donors (Lipinski definition) is 1. The lowest BCUT2D eigenvalue weighted by Gasteiger charge is -2.33. The Bertz CT molecular complexity index is 448. The molecule has 2 N–H and O–H groups in total. The van der Waals surface area contributed by atoms with Crippen LogP contribution in [-0.2, 0) is 6.42 Å². The van der Waals surface area contributed by atoms with E-state index < -0.39 is 0 Å². The lowest BCUT2D eigenvalue weighted by atomic mass is 9.96. The van der Waals surface area contributed by atoms with E-state index in [1.807, 2.05) is 29.2 Å². The van der Waals surface area contributed by atoms with Crippen LogP contribution in [0.5, 0.6) is 0 Å². The molecule has 0 bridgehead atoms. The van der Waals surface area contributed by atoms with Gasteiger partial charge in [0.25, 0.3) is 5.91 Å². The van der Waals surface area contributed by atoms with E-state index >= 15 is 0 Å². The molecule has 1 aliphatic rings. The molecule has 4 heteroatoms. The molecule has 1 fully saturated rings. The number of nitrogens with zero attached hydrogens (tertiary/aromatic N) is 2. The molecule has 1 aromatic rings. The Labute approximate surface area is 127 Å². The first-order valence-electron chi connectivity index (χ1n) is 7.83. The van der Waals surface area contributed by atoms with Crippen LogP contribution in [0, 0.1) is 5.92 Å². The Morgan fingerprint density at radius 3 is 2.38 bits per heavy atom. The summed E-state index contributed by atoms with van der Waals surface area (Å²) in [7, 11) is 4.22. The Morgan fingerprint density at radius 1 is 1.24 bits per heavy atom. The number of hydrogen-bond acceptors (Lipinski definition) is 3. The molecule has 0 aromatic heterocycles. The minimum atomic E-state index is 0.164. The van der Waals surface area contributed by atoms with Gasteiger partial charge in [0.2, 0.25) is 0 Å². The molecule has 1 amide bonds. The summed E-state index contributed by atoms with van der Waals surface area (Å²) in [6, 6.07) is 7.89. The third-order valence-corrected chi connectivity index (χ3v) is 4.16. The van der Waals surface area contributed by atoms with Gasteiger partial charge >= 0.3 is 0 Å². The summed E-state index contributed by atoms with van der Waals surface area (Å²) in [4.78, 5) is 16.7. The number of carbonyl (C=O) groups excluding carboxylic acids is 1. The molecule has 1 aromatic carbocycles. The van der Waals surface area contributed by atoms with Crippen LogP contribution in [0.1, 0.15) is 28.8 Å². The zero-order valence-corrected chi connectivity index (χ0v) is 13.2. The van der Waals surface area contributed by atoms with Gasteiger partial charge < -0.3 is 15.5 Å². The third kappa shape index (κ3) is 4.55. The van der Waals surface area contributed by atoms with Crippen LogP contribution in [0.25, 0.3) is 0 Å². The first-order chi connectivity index (χ1) is 10.1. The molecule has 0 atom stereocenters. The Kier molecular flexibility index (Phi) is 5.76. The van der Waals surface area contributed by atoms with Gasteiger partial charge in [-0.2, -0.15) is 0 Å². The Morgan fingerprint density at radius 2 is 1.86 bits per heavy atom. The van der Waals surface area contributed by atoms with Crippen molar-refractivity contribution in [2.45, 2.75) is 19.3 Å². The van der Waals surface area contributed by atoms with Gasteiger partial charge in [0.15, 0.2) is 0 Å². The highest BCUT2D eigenvalue weighted by atomic mass is 16.2. The molecule has 0 spiro atoms. The molecule has 116 valence electrons. The smallest absolute Gasteiger partial charge is 0.253 e. The zero-order valence-electron chi connectivity index (χ0n) is 13.2. The van der Waals surface area contributed by atoms with E-state index in [4.69, 9.17) is 5.73 Å². The predicted octanol–water partition coefficient (Wildman–Crippen LogP) is 1.60. The molecule has 1 aliphatic heterocycles. The van der Waals surface area contributed by atoms with Gasteiger partial charge in [-0.1, -0.05) is 12.1 Å². The summed E-state index contributed by atoms with van der Waals surface area (Å²) in [6.07, 6.45) is 3.08. The first-order valence-corrected chi connectivity index (χ1v) is 7.83. The van der Waals surface area contributed by atoms with Gasteiger partial charge in [-0.25, -0.2) is 0 Å². The molecule has 21 heavy (non-hydrogen) atoms. The fourth-order valence-corrected chi connectivity index (χ4v) is 3.00. The van der Waals surface area contributed by atoms with E-state index in [1.54, 1.807) is 0 Å². The van der Waals surface area contributed by atoms with Crippen molar-refractivity contribution in [1.29, 1.82) is 0 Å². The summed E-state index contributed by atoms with van der Waals surface area (Å²) < 4.78 is 0. The van der Waals surface area contributed by atoms with E-state index in [9.17, 15) is 4.79 Å². The second-order valence-electron chi connectivity index (χ2n) is 6.23. The number of amides is 1. The molecular weight excluding hydrogens is 262 g/mol. The average molecular weight is 289 g/mol. The quantitative estimate of drug-likeness (QED) is 0.896. The van der Waals surface area contributed by atoms with E-state index in [1.165, 1.54) is 5.56 Å². The second-order valence-corrected chi connectivity index (χ2v) is 6.23. The summed E-state index contributed by atoms with van der Waals surface area (Å²) in [6.45, 7) is 3.52. The zero-order chi connectivity index (χ0) is 15.2. The van der Waals surface area contributed by atoms with E-state index in [-0.39, 0.29) is 5.91 Å². The highest BCUT2D eigenvalue weighted by Gasteiger charge is 2.23. The molecule has 2 rings (SSSR count). The lowest BCUT2D eigenvalue weighted by molar-refractivity contribution is 0.0678. The van der Waals surface area contributed by atoms with Gasteiger partial charge in [0.1, 0.15) is 0 Å². The van der Waals surface area contributed by atoms with Crippen LogP contribution in [0.15, 0.2) is 24.3 Å². The maximum atomic E-state index is 12.5. The van der Waals surface area contributed by atoms with Crippen molar-refractivity contribution >= 4 is 5.91 Å². The Balaban J connectivity index is 1.89. The molecular formula is C17H27N3O. The van der Waals surface area contributed by atoms with Gasteiger partial charge in [-0.3, -0.25) is 4.79 Å².